The lowest BCUT2D eigenvalue weighted by Gasteiger charge is -2.13. The molecule has 0 radical (unpaired) electrons. The third kappa shape index (κ3) is 3.78. The standard InChI is InChI=1S/C15H14F3NO5S/c1-3-9-4-6-13(24-9)14(20)19-11-8-10(5-7-12(11)23-2)25(21,22)15(16,17)18/h4-8H,3H2,1-2H3,(H,19,20). The third-order valence-corrected chi connectivity index (χ3v) is 4.75. The van der Waals surface area contributed by atoms with Crippen molar-refractivity contribution >= 4 is 21.4 Å². The van der Waals surface area contributed by atoms with E-state index in [1.54, 1.807) is 6.07 Å². The van der Waals surface area contributed by atoms with Gasteiger partial charge in [-0.3, -0.25) is 4.79 Å². The molecule has 136 valence electrons. The molecule has 1 amide bonds. The Bertz CT molecular complexity index is 887. The number of halogens is 3. The van der Waals surface area contributed by atoms with Gasteiger partial charge < -0.3 is 14.5 Å². The Labute approximate surface area is 141 Å². The molecule has 0 aliphatic heterocycles. The van der Waals surface area contributed by atoms with Crippen molar-refractivity contribution in [3.05, 3.63) is 41.9 Å². The molecule has 1 N–H and O–H groups in total. The van der Waals surface area contributed by atoms with E-state index < -0.39 is 26.1 Å². The fourth-order valence-electron chi connectivity index (χ4n) is 1.96. The van der Waals surface area contributed by atoms with Gasteiger partial charge in [0.1, 0.15) is 11.5 Å². The van der Waals surface area contributed by atoms with Gasteiger partial charge in [-0.1, -0.05) is 6.92 Å². The van der Waals surface area contributed by atoms with Crippen LogP contribution in [0.2, 0.25) is 0 Å². The van der Waals surface area contributed by atoms with Crippen molar-refractivity contribution in [1.29, 1.82) is 0 Å². The number of alkyl halides is 3. The quantitative estimate of drug-likeness (QED) is 0.863. The Morgan fingerprint density at radius 3 is 2.44 bits per heavy atom. The van der Waals surface area contributed by atoms with Crippen LogP contribution in [0.1, 0.15) is 23.2 Å². The molecule has 0 unspecified atom stereocenters. The van der Waals surface area contributed by atoms with Gasteiger partial charge in [0.25, 0.3) is 15.7 Å². The Kier molecular flexibility index (Phi) is 5.12. The Morgan fingerprint density at radius 2 is 1.92 bits per heavy atom. The molecule has 6 nitrogen and oxygen atoms in total. The van der Waals surface area contributed by atoms with Gasteiger partial charge in [-0.05, 0) is 30.3 Å². The lowest BCUT2D eigenvalue weighted by molar-refractivity contribution is -0.0436. The van der Waals surface area contributed by atoms with E-state index in [0.717, 1.165) is 12.1 Å². The van der Waals surface area contributed by atoms with Crippen molar-refractivity contribution < 1.29 is 35.5 Å². The van der Waals surface area contributed by atoms with Gasteiger partial charge in [-0.2, -0.15) is 13.2 Å². The molecule has 1 aromatic carbocycles. The summed E-state index contributed by atoms with van der Waals surface area (Å²) < 4.78 is 71.2. The van der Waals surface area contributed by atoms with E-state index in [1.165, 1.54) is 13.2 Å². The maximum Gasteiger partial charge on any atom is 0.501 e. The van der Waals surface area contributed by atoms with Crippen molar-refractivity contribution in [2.24, 2.45) is 0 Å². The Morgan fingerprint density at radius 1 is 1.24 bits per heavy atom. The minimum atomic E-state index is -5.55. The smallest absolute Gasteiger partial charge is 0.495 e. The topological polar surface area (TPSA) is 85.6 Å². The second-order valence-electron chi connectivity index (χ2n) is 4.88. The number of aryl methyl sites for hydroxylation is 1. The van der Waals surface area contributed by atoms with Crippen molar-refractivity contribution in [3.63, 3.8) is 0 Å². The molecule has 0 fully saturated rings. The number of nitrogens with one attached hydrogen (secondary N) is 1. The molecule has 25 heavy (non-hydrogen) atoms. The molecule has 2 rings (SSSR count). The van der Waals surface area contributed by atoms with Gasteiger partial charge >= 0.3 is 5.51 Å². The minimum Gasteiger partial charge on any atom is -0.495 e. The Hall–Kier alpha value is -2.49. The second-order valence-corrected chi connectivity index (χ2v) is 6.83. The Balaban J connectivity index is 2.39. The van der Waals surface area contributed by atoms with Crippen LogP contribution >= 0.6 is 0 Å². The van der Waals surface area contributed by atoms with Crippen LogP contribution in [0.3, 0.4) is 0 Å². The summed E-state index contributed by atoms with van der Waals surface area (Å²) in [7, 11) is -4.33. The molecule has 1 heterocycles. The third-order valence-electron chi connectivity index (χ3n) is 3.27. The van der Waals surface area contributed by atoms with Crippen molar-refractivity contribution in [2.45, 2.75) is 23.7 Å². The number of ether oxygens (including phenoxy) is 1. The summed E-state index contributed by atoms with van der Waals surface area (Å²) in [5.41, 5.74) is -5.69. The average molecular weight is 377 g/mol. The van der Waals surface area contributed by atoms with Gasteiger partial charge in [0.15, 0.2) is 5.76 Å². The molecule has 0 atom stereocenters. The SMILES string of the molecule is CCc1ccc(C(=O)Nc2cc(S(=O)(=O)C(F)(F)F)ccc2OC)o1. The fourth-order valence-corrected chi connectivity index (χ4v) is 2.75. The minimum absolute atomic E-state index is 0.00301. The monoisotopic (exact) mass is 377 g/mol. The molecule has 2 aromatic rings. The number of benzene rings is 1. The van der Waals surface area contributed by atoms with Crippen LogP contribution in [0, 0.1) is 0 Å². The zero-order valence-corrected chi connectivity index (χ0v) is 14.0. The molecule has 0 spiro atoms. The number of hydrogen-bond acceptors (Lipinski definition) is 5. The molecule has 0 bridgehead atoms. The first-order valence-electron chi connectivity index (χ1n) is 6.99. The van der Waals surface area contributed by atoms with Crippen LogP contribution in [0.25, 0.3) is 0 Å². The zero-order valence-electron chi connectivity index (χ0n) is 13.2. The number of hydrogen-bond donors (Lipinski definition) is 1. The van der Waals surface area contributed by atoms with E-state index in [2.05, 4.69) is 5.32 Å². The largest absolute Gasteiger partial charge is 0.501 e. The van der Waals surface area contributed by atoms with Gasteiger partial charge in [-0.25, -0.2) is 8.42 Å². The number of amides is 1. The van der Waals surface area contributed by atoms with E-state index in [9.17, 15) is 26.4 Å². The summed E-state index contributed by atoms with van der Waals surface area (Å²) in [5, 5.41) is 2.29. The van der Waals surface area contributed by atoms with Gasteiger partial charge in [-0.15, -0.1) is 0 Å². The number of sulfone groups is 1. The van der Waals surface area contributed by atoms with Crippen molar-refractivity contribution in [2.75, 3.05) is 12.4 Å². The fraction of sp³-hybridized carbons (Fsp3) is 0.267. The average Bonchev–Trinajstić information content (AvgIpc) is 3.03. The summed E-state index contributed by atoms with van der Waals surface area (Å²) >= 11 is 0. The zero-order chi connectivity index (χ0) is 18.8. The van der Waals surface area contributed by atoms with Crippen LogP contribution in [0.5, 0.6) is 5.75 Å². The number of carbonyl (C=O) groups is 1. The molecule has 0 aliphatic rings. The van der Waals surface area contributed by atoms with Gasteiger partial charge in [0.05, 0.1) is 17.7 Å². The summed E-state index contributed by atoms with van der Waals surface area (Å²) in [5.74, 6) is -0.273. The highest BCUT2D eigenvalue weighted by atomic mass is 32.2. The molecule has 1 aromatic heterocycles. The van der Waals surface area contributed by atoms with E-state index in [-0.39, 0.29) is 17.2 Å². The number of furan rings is 1. The molecular weight excluding hydrogens is 363 g/mol. The highest BCUT2D eigenvalue weighted by molar-refractivity contribution is 7.92. The van der Waals surface area contributed by atoms with Gasteiger partial charge in [0, 0.05) is 6.42 Å². The van der Waals surface area contributed by atoms with E-state index in [0.29, 0.717) is 18.2 Å². The molecule has 10 heteroatoms. The summed E-state index contributed by atoms with van der Waals surface area (Å²) in [6, 6.07) is 5.43. The molecule has 0 saturated heterocycles. The van der Waals surface area contributed by atoms with E-state index >= 15 is 0 Å². The first kappa shape index (κ1) is 18.8. The number of carbonyl (C=O) groups excluding carboxylic acids is 1. The number of rotatable bonds is 5. The number of methoxy groups -OCH3 is 1. The summed E-state index contributed by atoms with van der Waals surface area (Å²) in [6.07, 6.45) is 0.552. The highest BCUT2D eigenvalue weighted by Gasteiger charge is 2.47. The van der Waals surface area contributed by atoms with E-state index in [1.807, 2.05) is 6.92 Å². The predicted octanol–water partition coefficient (Wildman–Crippen LogP) is 3.40. The van der Waals surface area contributed by atoms with E-state index in [4.69, 9.17) is 9.15 Å². The predicted molar refractivity (Wildman–Crippen MR) is 82.3 cm³/mol. The van der Waals surface area contributed by atoms with Crippen molar-refractivity contribution in [1.82, 2.24) is 0 Å². The number of anilines is 1. The first-order chi connectivity index (χ1) is 11.6. The molecule has 0 aliphatic carbocycles. The first-order valence-corrected chi connectivity index (χ1v) is 8.48. The van der Waals surface area contributed by atoms with Crippen LogP contribution in [0.4, 0.5) is 18.9 Å². The van der Waals surface area contributed by atoms with Crippen LogP contribution < -0.4 is 10.1 Å². The van der Waals surface area contributed by atoms with Crippen LogP contribution in [-0.2, 0) is 16.3 Å². The summed E-state index contributed by atoms with van der Waals surface area (Å²) in [6.45, 7) is 1.81. The summed E-state index contributed by atoms with van der Waals surface area (Å²) in [4.78, 5) is 11.1. The van der Waals surface area contributed by atoms with Crippen LogP contribution in [-0.4, -0.2) is 26.9 Å². The molecule has 0 saturated carbocycles. The lowest BCUT2D eigenvalue weighted by atomic mass is 10.3. The van der Waals surface area contributed by atoms with Crippen molar-refractivity contribution in [3.8, 4) is 5.75 Å². The normalized spacial score (nSPS) is 12.0. The lowest BCUT2D eigenvalue weighted by Crippen LogP contribution is -2.23. The maximum atomic E-state index is 12.7. The highest BCUT2D eigenvalue weighted by Crippen LogP contribution is 2.34. The molecular formula is C15H14F3NO5S. The van der Waals surface area contributed by atoms with Gasteiger partial charge in [0.2, 0.25) is 0 Å². The van der Waals surface area contributed by atoms with Crippen LogP contribution in [0.15, 0.2) is 39.6 Å². The second kappa shape index (κ2) is 6.79. The maximum absolute atomic E-state index is 12.7.